The number of carbonyl (C=O) groups is 2. The van der Waals surface area contributed by atoms with Crippen LogP contribution in [0.2, 0.25) is 0 Å². The normalized spacial score (nSPS) is 25.8. The topological polar surface area (TPSA) is 78.9 Å². The number of likely N-dealkylation sites (N-methyl/N-ethyl adjacent to an activating group) is 1. The molecule has 3 rings (SSSR count). The Balaban J connectivity index is 0.000000298. The van der Waals surface area contributed by atoms with E-state index in [1.165, 1.54) is 5.56 Å². The number of carbonyl (C=O) groups excluding carboxylic acids is 1. The summed E-state index contributed by atoms with van der Waals surface area (Å²) in [6.07, 6.45) is -2.15. The number of likely N-dealkylation sites (tertiary alicyclic amines) is 1. The van der Waals surface area contributed by atoms with Crippen molar-refractivity contribution in [3.63, 3.8) is 0 Å². The quantitative estimate of drug-likeness (QED) is 0.822. The maximum absolute atomic E-state index is 11.6. The molecule has 10 heteroatoms. The van der Waals surface area contributed by atoms with Gasteiger partial charge in [0, 0.05) is 26.2 Å². The molecule has 0 aliphatic carbocycles. The fourth-order valence-corrected chi connectivity index (χ4v) is 3.84. The van der Waals surface area contributed by atoms with Crippen molar-refractivity contribution >= 4 is 23.2 Å². The van der Waals surface area contributed by atoms with Gasteiger partial charge >= 0.3 is 12.1 Å². The van der Waals surface area contributed by atoms with Gasteiger partial charge in [-0.1, -0.05) is 0 Å². The van der Waals surface area contributed by atoms with E-state index in [9.17, 15) is 18.0 Å². The molecule has 2 aliphatic heterocycles. The van der Waals surface area contributed by atoms with Crippen LogP contribution < -0.4 is 5.32 Å². The van der Waals surface area contributed by atoms with Gasteiger partial charge < -0.3 is 15.2 Å². The molecule has 0 aromatic carbocycles. The first-order valence-corrected chi connectivity index (χ1v) is 9.09. The Morgan fingerprint density at radius 1 is 1.38 bits per heavy atom. The molecule has 0 unspecified atom stereocenters. The second-order valence-electron chi connectivity index (χ2n) is 6.12. The van der Waals surface area contributed by atoms with Crippen molar-refractivity contribution in [2.24, 2.45) is 0 Å². The number of amides is 1. The average Bonchev–Trinajstić information content (AvgIpc) is 3.24. The van der Waals surface area contributed by atoms with Crippen molar-refractivity contribution in [1.29, 1.82) is 0 Å². The van der Waals surface area contributed by atoms with Gasteiger partial charge in [0.15, 0.2) is 0 Å². The molecule has 3 heterocycles. The van der Waals surface area contributed by atoms with E-state index < -0.39 is 12.1 Å². The first-order chi connectivity index (χ1) is 12.2. The number of ether oxygens (including phenoxy) is 1. The van der Waals surface area contributed by atoms with Gasteiger partial charge in [-0.2, -0.15) is 24.5 Å². The van der Waals surface area contributed by atoms with Gasteiger partial charge in [-0.25, -0.2) is 4.79 Å². The van der Waals surface area contributed by atoms with Crippen LogP contribution in [0.25, 0.3) is 0 Å². The van der Waals surface area contributed by atoms with Gasteiger partial charge in [-0.15, -0.1) is 0 Å². The Bertz CT molecular complexity index is 609. The Morgan fingerprint density at radius 2 is 2.08 bits per heavy atom. The molecule has 1 amide bonds. The zero-order valence-electron chi connectivity index (χ0n) is 14.2. The van der Waals surface area contributed by atoms with E-state index in [2.05, 4.69) is 27.0 Å². The predicted molar refractivity (Wildman–Crippen MR) is 88.8 cm³/mol. The van der Waals surface area contributed by atoms with Gasteiger partial charge in [0.2, 0.25) is 5.91 Å². The lowest BCUT2D eigenvalue weighted by Crippen LogP contribution is -2.47. The smallest absolute Gasteiger partial charge is 0.475 e. The van der Waals surface area contributed by atoms with Gasteiger partial charge in [0.25, 0.3) is 0 Å². The number of alkyl halides is 3. The van der Waals surface area contributed by atoms with Crippen molar-refractivity contribution in [3.05, 3.63) is 22.4 Å². The number of nitrogens with zero attached hydrogens (tertiary/aromatic N) is 1. The van der Waals surface area contributed by atoms with Crippen LogP contribution in [0.3, 0.4) is 0 Å². The van der Waals surface area contributed by atoms with Crippen molar-refractivity contribution in [3.8, 4) is 0 Å². The van der Waals surface area contributed by atoms with Crippen LogP contribution in [-0.4, -0.2) is 59.9 Å². The molecule has 2 N–H and O–H groups in total. The van der Waals surface area contributed by atoms with Crippen LogP contribution in [0.4, 0.5) is 13.2 Å². The summed E-state index contributed by atoms with van der Waals surface area (Å²) in [4.78, 5) is 23.0. The Labute approximate surface area is 152 Å². The first kappa shape index (κ1) is 20.7. The van der Waals surface area contributed by atoms with Crippen LogP contribution >= 0.6 is 11.3 Å². The van der Waals surface area contributed by atoms with Gasteiger partial charge in [0.1, 0.15) is 6.10 Å². The molecule has 0 spiro atoms. The Hall–Kier alpha value is -1.65. The maximum atomic E-state index is 11.6. The summed E-state index contributed by atoms with van der Waals surface area (Å²) in [7, 11) is 1.68. The van der Waals surface area contributed by atoms with Crippen LogP contribution in [0.15, 0.2) is 16.8 Å². The van der Waals surface area contributed by atoms with E-state index in [4.69, 9.17) is 14.6 Å². The largest absolute Gasteiger partial charge is 0.490 e. The van der Waals surface area contributed by atoms with E-state index in [1.807, 2.05) is 0 Å². The monoisotopic (exact) mass is 394 g/mol. The van der Waals surface area contributed by atoms with Gasteiger partial charge in [-0.3, -0.25) is 9.69 Å². The molecule has 0 bridgehead atoms. The second-order valence-corrected chi connectivity index (χ2v) is 6.90. The third-order valence-corrected chi connectivity index (χ3v) is 5.14. The number of carboxylic acids is 1. The minimum absolute atomic E-state index is 0.0229. The highest BCUT2D eigenvalue weighted by atomic mass is 32.1. The van der Waals surface area contributed by atoms with E-state index in [-0.39, 0.29) is 18.1 Å². The molecule has 2 aliphatic rings. The molecule has 6 nitrogen and oxygen atoms in total. The van der Waals surface area contributed by atoms with E-state index in [0.717, 1.165) is 32.4 Å². The number of aliphatic carboxylic acids is 1. The standard InChI is InChI=1S/C14H20N2O2S.C2HF3O2/c1-15-14(17)13-3-2-11-12(18-13)4-6-16(11)8-10-5-7-19-9-10;3-2(4,5)1(6)7/h5,7,9,11-13H,2-4,6,8H2,1H3,(H,15,17);(H,6,7)/t11-,12-,13-;/m1./s1. The number of fused-ring (bicyclic) bond motifs is 1. The number of halogens is 3. The third-order valence-electron chi connectivity index (χ3n) is 4.41. The molecule has 0 radical (unpaired) electrons. The molecular formula is C16H21F3N2O4S. The lowest BCUT2D eigenvalue weighted by Gasteiger charge is -2.35. The number of hydrogen-bond acceptors (Lipinski definition) is 5. The summed E-state index contributed by atoms with van der Waals surface area (Å²) in [5, 5.41) is 14.2. The van der Waals surface area contributed by atoms with Crippen molar-refractivity contribution in [2.45, 2.75) is 50.2 Å². The molecular weight excluding hydrogens is 373 g/mol. The van der Waals surface area contributed by atoms with Gasteiger partial charge in [-0.05, 0) is 41.7 Å². The number of hydrogen-bond donors (Lipinski definition) is 2. The predicted octanol–water partition coefficient (Wildman–Crippen LogP) is 2.25. The number of carboxylic acid groups (broad SMARTS) is 1. The summed E-state index contributed by atoms with van der Waals surface area (Å²) in [6, 6.07) is 2.68. The molecule has 26 heavy (non-hydrogen) atoms. The summed E-state index contributed by atoms with van der Waals surface area (Å²) in [5.41, 5.74) is 1.39. The number of nitrogens with one attached hydrogen (secondary N) is 1. The average molecular weight is 394 g/mol. The zero-order valence-corrected chi connectivity index (χ0v) is 15.0. The van der Waals surface area contributed by atoms with Crippen molar-refractivity contribution in [2.75, 3.05) is 13.6 Å². The minimum Gasteiger partial charge on any atom is -0.475 e. The fourth-order valence-electron chi connectivity index (χ4n) is 3.18. The molecule has 1 aromatic rings. The molecule has 146 valence electrons. The van der Waals surface area contributed by atoms with Crippen molar-refractivity contribution in [1.82, 2.24) is 10.2 Å². The van der Waals surface area contributed by atoms with Crippen LogP contribution in [0, 0.1) is 0 Å². The summed E-state index contributed by atoms with van der Waals surface area (Å²) in [6.45, 7) is 2.09. The highest BCUT2D eigenvalue weighted by Crippen LogP contribution is 2.32. The maximum Gasteiger partial charge on any atom is 0.490 e. The molecule has 2 saturated heterocycles. The number of rotatable bonds is 3. The number of thiophene rings is 1. The Kier molecular flexibility index (Phi) is 7.01. The van der Waals surface area contributed by atoms with Gasteiger partial charge in [0.05, 0.1) is 6.10 Å². The van der Waals surface area contributed by atoms with Crippen LogP contribution in [0.1, 0.15) is 24.8 Å². The molecule has 0 saturated carbocycles. The zero-order chi connectivity index (χ0) is 19.3. The lowest BCUT2D eigenvalue weighted by molar-refractivity contribution is -0.192. The molecule has 1 aromatic heterocycles. The summed E-state index contributed by atoms with van der Waals surface area (Å²) in [5.74, 6) is -2.73. The van der Waals surface area contributed by atoms with E-state index in [1.54, 1.807) is 18.4 Å². The minimum atomic E-state index is -5.08. The van der Waals surface area contributed by atoms with Crippen LogP contribution in [0.5, 0.6) is 0 Å². The van der Waals surface area contributed by atoms with Crippen LogP contribution in [-0.2, 0) is 20.9 Å². The Morgan fingerprint density at radius 3 is 2.62 bits per heavy atom. The lowest BCUT2D eigenvalue weighted by atomic mass is 9.98. The van der Waals surface area contributed by atoms with E-state index >= 15 is 0 Å². The highest BCUT2D eigenvalue weighted by Gasteiger charge is 2.41. The highest BCUT2D eigenvalue weighted by molar-refractivity contribution is 7.07. The molecule has 2 fully saturated rings. The SMILES string of the molecule is CNC(=O)[C@H]1CC[C@@H]2[C@@H](CCN2Cc2ccsc2)O1.O=C(O)C(F)(F)F. The summed E-state index contributed by atoms with van der Waals surface area (Å²) >= 11 is 1.75. The first-order valence-electron chi connectivity index (χ1n) is 8.14. The fraction of sp³-hybridized carbons (Fsp3) is 0.625. The van der Waals surface area contributed by atoms with E-state index in [0.29, 0.717) is 6.04 Å². The second kappa shape index (κ2) is 8.83. The summed E-state index contributed by atoms with van der Waals surface area (Å²) < 4.78 is 37.7. The molecule has 3 atom stereocenters. The third kappa shape index (κ3) is 5.42. The van der Waals surface area contributed by atoms with Crippen molar-refractivity contribution < 1.29 is 32.6 Å².